The SMILES string of the molecule is CC1CC(n2c(=O)ccc3cnc(Nc4ccc(N5CCN(C)CC5)cc4)nc32)CC(C)(C)C1. The molecule has 2 aromatic heterocycles. The number of rotatable bonds is 4. The van der Waals surface area contributed by atoms with Gasteiger partial charge in [0, 0.05) is 61.2 Å². The molecule has 1 saturated heterocycles. The minimum Gasteiger partial charge on any atom is -0.369 e. The predicted octanol–water partition coefficient (Wildman–Crippen LogP) is 4.67. The van der Waals surface area contributed by atoms with Crippen LogP contribution in [0.3, 0.4) is 0 Å². The number of aromatic nitrogens is 3. The monoisotopic (exact) mass is 460 g/mol. The topological polar surface area (TPSA) is 66.3 Å². The maximum Gasteiger partial charge on any atom is 0.252 e. The second-order valence-electron chi connectivity index (χ2n) is 11.0. The molecule has 2 fully saturated rings. The molecule has 7 heteroatoms. The van der Waals surface area contributed by atoms with Gasteiger partial charge in [-0.1, -0.05) is 20.8 Å². The van der Waals surface area contributed by atoms with E-state index >= 15 is 0 Å². The fraction of sp³-hybridized carbons (Fsp3) is 0.519. The van der Waals surface area contributed by atoms with Gasteiger partial charge < -0.3 is 15.1 Å². The second-order valence-corrected chi connectivity index (χ2v) is 11.0. The van der Waals surface area contributed by atoms with E-state index in [1.807, 2.05) is 16.8 Å². The van der Waals surface area contributed by atoms with Gasteiger partial charge in [-0.25, -0.2) is 4.98 Å². The lowest BCUT2D eigenvalue weighted by Gasteiger charge is -2.39. The van der Waals surface area contributed by atoms with E-state index in [1.165, 1.54) is 12.1 Å². The normalized spacial score (nSPS) is 23.2. The molecule has 0 bridgehead atoms. The Balaban J connectivity index is 1.41. The van der Waals surface area contributed by atoms with Gasteiger partial charge in [0.15, 0.2) is 0 Å². The zero-order chi connectivity index (χ0) is 23.9. The third-order valence-corrected chi connectivity index (χ3v) is 7.39. The highest BCUT2D eigenvalue weighted by Gasteiger charge is 2.34. The van der Waals surface area contributed by atoms with Crippen LogP contribution >= 0.6 is 0 Å². The van der Waals surface area contributed by atoms with Crippen molar-refractivity contribution in [3.63, 3.8) is 0 Å². The first-order valence-electron chi connectivity index (χ1n) is 12.5. The van der Waals surface area contributed by atoms with Crippen LogP contribution in [0.15, 0.2) is 47.4 Å². The highest BCUT2D eigenvalue weighted by Crippen LogP contribution is 2.44. The molecule has 3 aromatic rings. The van der Waals surface area contributed by atoms with Gasteiger partial charge in [-0.15, -0.1) is 0 Å². The summed E-state index contributed by atoms with van der Waals surface area (Å²) in [7, 11) is 2.17. The fourth-order valence-corrected chi connectivity index (χ4v) is 5.89. The number of fused-ring (bicyclic) bond motifs is 1. The molecule has 1 N–H and O–H groups in total. The van der Waals surface area contributed by atoms with Crippen LogP contribution < -0.4 is 15.8 Å². The van der Waals surface area contributed by atoms with Crippen LogP contribution in [0.4, 0.5) is 17.3 Å². The molecule has 0 amide bonds. The molecule has 2 atom stereocenters. The number of nitrogens with one attached hydrogen (secondary N) is 1. The number of nitrogens with zero attached hydrogens (tertiary/aromatic N) is 5. The standard InChI is InChI=1S/C27H36N6O/c1-19-15-23(17-27(2,3)16-19)33-24(34)10-5-20-18-28-26(30-25(20)33)29-21-6-8-22(9-7-21)32-13-11-31(4)12-14-32/h5-10,18-19,23H,11-17H2,1-4H3,(H,28,29,30). The molecule has 3 heterocycles. The zero-order valence-electron chi connectivity index (χ0n) is 20.8. The van der Waals surface area contributed by atoms with Gasteiger partial charge in [-0.2, -0.15) is 4.98 Å². The van der Waals surface area contributed by atoms with Crippen molar-refractivity contribution in [2.75, 3.05) is 43.4 Å². The van der Waals surface area contributed by atoms with E-state index in [9.17, 15) is 4.79 Å². The van der Waals surface area contributed by atoms with Crippen molar-refractivity contribution in [2.45, 2.75) is 46.1 Å². The van der Waals surface area contributed by atoms with Gasteiger partial charge >= 0.3 is 0 Å². The Hall–Kier alpha value is -2.93. The maximum absolute atomic E-state index is 13.0. The van der Waals surface area contributed by atoms with Crippen molar-refractivity contribution in [3.8, 4) is 0 Å². The Morgan fingerprint density at radius 3 is 2.44 bits per heavy atom. The van der Waals surface area contributed by atoms with E-state index in [1.54, 1.807) is 6.07 Å². The molecule has 7 nitrogen and oxygen atoms in total. The number of pyridine rings is 1. The quantitative estimate of drug-likeness (QED) is 0.610. The van der Waals surface area contributed by atoms with E-state index in [-0.39, 0.29) is 17.0 Å². The van der Waals surface area contributed by atoms with Gasteiger partial charge in [-0.3, -0.25) is 9.36 Å². The third-order valence-electron chi connectivity index (χ3n) is 7.39. The van der Waals surface area contributed by atoms with Crippen LogP contribution in [0.5, 0.6) is 0 Å². The van der Waals surface area contributed by atoms with E-state index in [2.05, 4.69) is 72.2 Å². The first-order chi connectivity index (χ1) is 16.3. The number of benzene rings is 1. The molecule has 34 heavy (non-hydrogen) atoms. The molecule has 1 saturated carbocycles. The van der Waals surface area contributed by atoms with Gasteiger partial charge in [0.05, 0.1) is 0 Å². The first kappa shape index (κ1) is 22.8. The van der Waals surface area contributed by atoms with Crippen molar-refractivity contribution in [2.24, 2.45) is 11.3 Å². The molecule has 0 radical (unpaired) electrons. The molecule has 1 aliphatic heterocycles. The van der Waals surface area contributed by atoms with Crippen molar-refractivity contribution in [1.82, 2.24) is 19.4 Å². The zero-order valence-corrected chi connectivity index (χ0v) is 20.8. The van der Waals surface area contributed by atoms with Gasteiger partial charge in [-0.05, 0) is 68.0 Å². The molecular weight excluding hydrogens is 424 g/mol. The molecule has 1 aromatic carbocycles. The van der Waals surface area contributed by atoms with Gasteiger partial charge in [0.25, 0.3) is 5.56 Å². The number of hydrogen-bond donors (Lipinski definition) is 1. The van der Waals surface area contributed by atoms with Crippen molar-refractivity contribution in [1.29, 1.82) is 0 Å². The largest absolute Gasteiger partial charge is 0.369 e. The lowest BCUT2D eigenvalue weighted by molar-refractivity contribution is 0.137. The van der Waals surface area contributed by atoms with Crippen LogP contribution in [-0.2, 0) is 0 Å². The van der Waals surface area contributed by atoms with Gasteiger partial charge in [0.2, 0.25) is 5.95 Å². The number of likely N-dealkylation sites (N-methyl/N-ethyl adjacent to an activating group) is 1. The maximum atomic E-state index is 13.0. The fourth-order valence-electron chi connectivity index (χ4n) is 5.89. The number of hydrogen-bond acceptors (Lipinski definition) is 6. The Bertz CT molecular complexity index is 1210. The van der Waals surface area contributed by atoms with Crippen LogP contribution in [0, 0.1) is 11.3 Å². The summed E-state index contributed by atoms with van der Waals surface area (Å²) in [4.78, 5) is 27.1. The van der Waals surface area contributed by atoms with Crippen LogP contribution in [0.1, 0.15) is 46.1 Å². The summed E-state index contributed by atoms with van der Waals surface area (Å²) in [6.45, 7) is 11.2. The van der Waals surface area contributed by atoms with E-state index in [0.29, 0.717) is 17.5 Å². The minimum atomic E-state index is 0.0172. The van der Waals surface area contributed by atoms with E-state index < -0.39 is 0 Å². The number of anilines is 3. The molecule has 0 spiro atoms. The second kappa shape index (κ2) is 9.02. The van der Waals surface area contributed by atoms with Crippen molar-refractivity contribution in [3.05, 3.63) is 52.9 Å². The predicted molar refractivity (Wildman–Crippen MR) is 139 cm³/mol. The lowest BCUT2D eigenvalue weighted by atomic mass is 9.70. The molecule has 2 unspecified atom stereocenters. The first-order valence-corrected chi connectivity index (χ1v) is 12.5. The Morgan fingerprint density at radius 1 is 1.00 bits per heavy atom. The molecule has 1 aliphatic carbocycles. The van der Waals surface area contributed by atoms with E-state index in [4.69, 9.17) is 4.98 Å². The number of piperazine rings is 1. The van der Waals surface area contributed by atoms with Crippen LogP contribution in [0.2, 0.25) is 0 Å². The van der Waals surface area contributed by atoms with E-state index in [0.717, 1.165) is 50.1 Å². The average Bonchev–Trinajstić information content (AvgIpc) is 2.78. The minimum absolute atomic E-state index is 0.0172. The highest BCUT2D eigenvalue weighted by molar-refractivity contribution is 5.76. The summed E-state index contributed by atoms with van der Waals surface area (Å²) in [6.07, 6.45) is 4.99. The van der Waals surface area contributed by atoms with Crippen LogP contribution in [0.25, 0.3) is 11.0 Å². The summed E-state index contributed by atoms with van der Waals surface area (Å²) in [6, 6.07) is 12.1. The highest BCUT2D eigenvalue weighted by atomic mass is 16.1. The third kappa shape index (κ3) is 4.80. The molecule has 5 rings (SSSR count). The molecule has 2 aliphatic rings. The Labute approximate surface area is 201 Å². The molecule has 180 valence electrons. The smallest absolute Gasteiger partial charge is 0.252 e. The summed E-state index contributed by atoms with van der Waals surface area (Å²) in [5.74, 6) is 1.09. The summed E-state index contributed by atoms with van der Waals surface area (Å²) in [5, 5.41) is 4.24. The van der Waals surface area contributed by atoms with Crippen molar-refractivity contribution >= 4 is 28.4 Å². The average molecular weight is 461 g/mol. The Kier molecular flexibility index (Phi) is 6.06. The lowest BCUT2D eigenvalue weighted by Crippen LogP contribution is -2.44. The Morgan fingerprint density at radius 2 is 1.74 bits per heavy atom. The summed E-state index contributed by atoms with van der Waals surface area (Å²) >= 11 is 0. The van der Waals surface area contributed by atoms with Crippen molar-refractivity contribution < 1.29 is 0 Å². The van der Waals surface area contributed by atoms with Crippen LogP contribution in [-0.4, -0.2) is 52.7 Å². The summed E-state index contributed by atoms with van der Waals surface area (Å²) < 4.78 is 1.91. The van der Waals surface area contributed by atoms with Gasteiger partial charge in [0.1, 0.15) is 5.65 Å². The molecular formula is C27H36N6O. The summed E-state index contributed by atoms with van der Waals surface area (Å²) in [5.41, 5.74) is 3.12.